The molecule has 0 bridgehead atoms. The van der Waals surface area contributed by atoms with Gasteiger partial charge in [-0.3, -0.25) is 14.9 Å². The van der Waals surface area contributed by atoms with Crippen molar-refractivity contribution in [1.82, 2.24) is 0 Å². The smallest absolute Gasteiger partial charge is 0.305 e. The van der Waals surface area contributed by atoms with Crippen molar-refractivity contribution in [3.05, 3.63) is 28.3 Å². The lowest BCUT2D eigenvalue weighted by Crippen LogP contribution is -2.27. The van der Waals surface area contributed by atoms with E-state index in [-0.39, 0.29) is 18.7 Å². The van der Waals surface area contributed by atoms with Gasteiger partial charge in [0.2, 0.25) is 0 Å². The molecular formula is C13H18N2O5. The standard InChI is InChI=1S/C13H18N2O5/c1-3-7-14(8-6-13(16)17)11-9-10(15(18)19)4-5-12(11)20-2/h4-5,9H,3,6-8H2,1-2H3,(H,16,17). The van der Waals surface area contributed by atoms with Crippen LogP contribution in [0.5, 0.6) is 5.75 Å². The van der Waals surface area contributed by atoms with Crippen LogP contribution in [-0.4, -0.2) is 36.2 Å². The summed E-state index contributed by atoms with van der Waals surface area (Å²) in [6.45, 7) is 2.84. The van der Waals surface area contributed by atoms with Crippen LogP contribution >= 0.6 is 0 Å². The van der Waals surface area contributed by atoms with Crippen LogP contribution in [0.3, 0.4) is 0 Å². The highest BCUT2D eigenvalue weighted by atomic mass is 16.6. The second-order valence-corrected chi connectivity index (χ2v) is 4.24. The van der Waals surface area contributed by atoms with Gasteiger partial charge in [0.05, 0.1) is 24.1 Å². The van der Waals surface area contributed by atoms with Gasteiger partial charge >= 0.3 is 5.97 Å². The molecule has 0 fully saturated rings. The molecule has 0 radical (unpaired) electrons. The van der Waals surface area contributed by atoms with E-state index in [0.717, 1.165) is 6.42 Å². The SMILES string of the molecule is CCCN(CCC(=O)O)c1cc([N+](=O)[O-])ccc1OC. The lowest BCUT2D eigenvalue weighted by Gasteiger charge is -2.25. The third kappa shape index (κ3) is 4.11. The van der Waals surface area contributed by atoms with Crippen LogP contribution in [0.1, 0.15) is 19.8 Å². The van der Waals surface area contributed by atoms with Gasteiger partial charge < -0.3 is 14.7 Å². The lowest BCUT2D eigenvalue weighted by molar-refractivity contribution is -0.384. The zero-order valence-electron chi connectivity index (χ0n) is 11.5. The average Bonchev–Trinajstić information content (AvgIpc) is 2.42. The predicted octanol–water partition coefficient (Wildman–Crippen LogP) is 2.29. The number of anilines is 1. The summed E-state index contributed by atoms with van der Waals surface area (Å²) in [4.78, 5) is 22.9. The number of hydrogen-bond donors (Lipinski definition) is 1. The quantitative estimate of drug-likeness (QED) is 0.581. The van der Waals surface area contributed by atoms with Crippen molar-refractivity contribution in [2.75, 3.05) is 25.1 Å². The van der Waals surface area contributed by atoms with Gasteiger partial charge in [-0.2, -0.15) is 0 Å². The predicted molar refractivity (Wildman–Crippen MR) is 74.4 cm³/mol. The van der Waals surface area contributed by atoms with Crippen LogP contribution in [0.15, 0.2) is 18.2 Å². The molecule has 0 saturated heterocycles. The fraction of sp³-hybridized carbons (Fsp3) is 0.462. The number of aliphatic carboxylic acids is 1. The summed E-state index contributed by atoms with van der Waals surface area (Å²) in [6, 6.07) is 4.30. The highest BCUT2D eigenvalue weighted by Crippen LogP contribution is 2.32. The number of rotatable bonds is 8. The van der Waals surface area contributed by atoms with E-state index in [9.17, 15) is 14.9 Å². The summed E-state index contributed by atoms with van der Waals surface area (Å²) in [7, 11) is 1.48. The van der Waals surface area contributed by atoms with E-state index in [2.05, 4.69) is 0 Å². The number of carbonyl (C=O) groups is 1. The van der Waals surface area contributed by atoms with E-state index in [1.807, 2.05) is 6.92 Å². The van der Waals surface area contributed by atoms with Crippen molar-refractivity contribution in [1.29, 1.82) is 0 Å². The minimum atomic E-state index is -0.907. The average molecular weight is 282 g/mol. The Balaban J connectivity index is 3.11. The minimum Gasteiger partial charge on any atom is -0.495 e. The molecule has 1 N–H and O–H groups in total. The number of nitro benzene ring substituents is 1. The molecule has 0 spiro atoms. The maximum atomic E-state index is 10.9. The van der Waals surface area contributed by atoms with Gasteiger partial charge in [-0.25, -0.2) is 0 Å². The molecule has 1 aromatic carbocycles. The Morgan fingerprint density at radius 3 is 2.65 bits per heavy atom. The Morgan fingerprint density at radius 1 is 1.45 bits per heavy atom. The summed E-state index contributed by atoms with van der Waals surface area (Å²) in [5, 5.41) is 19.6. The van der Waals surface area contributed by atoms with Crippen LogP contribution in [0.2, 0.25) is 0 Å². The Labute approximate surface area is 116 Å². The zero-order valence-corrected chi connectivity index (χ0v) is 11.5. The van der Waals surface area contributed by atoms with Gasteiger partial charge in [0.25, 0.3) is 5.69 Å². The maximum absolute atomic E-state index is 10.9. The van der Waals surface area contributed by atoms with E-state index in [4.69, 9.17) is 9.84 Å². The Hall–Kier alpha value is -2.31. The summed E-state index contributed by atoms with van der Waals surface area (Å²) in [6.07, 6.45) is 0.761. The molecule has 0 amide bonds. The second-order valence-electron chi connectivity index (χ2n) is 4.24. The summed E-state index contributed by atoms with van der Waals surface area (Å²) >= 11 is 0. The van der Waals surface area contributed by atoms with E-state index < -0.39 is 10.9 Å². The molecule has 1 aromatic rings. The van der Waals surface area contributed by atoms with Crippen LogP contribution in [0.25, 0.3) is 0 Å². The number of carboxylic acid groups (broad SMARTS) is 1. The molecule has 0 aromatic heterocycles. The van der Waals surface area contributed by atoms with Crippen LogP contribution in [-0.2, 0) is 4.79 Å². The summed E-state index contributed by atoms with van der Waals surface area (Å²) < 4.78 is 5.20. The molecule has 0 aliphatic rings. The summed E-state index contributed by atoms with van der Waals surface area (Å²) in [5.41, 5.74) is 0.502. The molecule has 0 unspecified atom stereocenters. The van der Waals surface area contributed by atoms with E-state index in [0.29, 0.717) is 18.0 Å². The molecule has 20 heavy (non-hydrogen) atoms. The summed E-state index contributed by atoms with van der Waals surface area (Å²) in [5.74, 6) is -0.412. The van der Waals surface area contributed by atoms with Crippen molar-refractivity contribution >= 4 is 17.3 Å². The minimum absolute atomic E-state index is 0.0359. The van der Waals surface area contributed by atoms with E-state index in [1.165, 1.54) is 25.3 Å². The molecule has 7 heteroatoms. The van der Waals surface area contributed by atoms with Gasteiger partial charge in [0.1, 0.15) is 5.75 Å². The van der Waals surface area contributed by atoms with Gasteiger partial charge in [-0.05, 0) is 12.5 Å². The van der Waals surface area contributed by atoms with Crippen LogP contribution < -0.4 is 9.64 Å². The third-order valence-electron chi connectivity index (χ3n) is 2.80. The normalized spacial score (nSPS) is 10.1. The lowest BCUT2D eigenvalue weighted by atomic mass is 10.2. The van der Waals surface area contributed by atoms with Crippen LogP contribution in [0, 0.1) is 10.1 Å². The number of nitrogens with zero attached hydrogens (tertiary/aromatic N) is 2. The van der Waals surface area contributed by atoms with Gasteiger partial charge in [-0.15, -0.1) is 0 Å². The monoisotopic (exact) mass is 282 g/mol. The first kappa shape index (κ1) is 15.7. The molecule has 0 saturated carbocycles. The number of carboxylic acids is 1. The van der Waals surface area contributed by atoms with Crippen molar-refractivity contribution in [2.45, 2.75) is 19.8 Å². The van der Waals surface area contributed by atoms with Crippen molar-refractivity contribution < 1.29 is 19.6 Å². The number of nitro groups is 1. The Kier molecular flexibility index (Phi) is 5.76. The van der Waals surface area contributed by atoms with Crippen LogP contribution in [0.4, 0.5) is 11.4 Å². The molecular weight excluding hydrogens is 264 g/mol. The van der Waals surface area contributed by atoms with Gasteiger partial charge in [-0.1, -0.05) is 6.92 Å². The maximum Gasteiger partial charge on any atom is 0.305 e. The Bertz CT molecular complexity index is 490. The largest absolute Gasteiger partial charge is 0.495 e. The van der Waals surface area contributed by atoms with Crippen molar-refractivity contribution in [2.24, 2.45) is 0 Å². The zero-order chi connectivity index (χ0) is 15.1. The highest BCUT2D eigenvalue weighted by molar-refractivity contribution is 5.69. The molecule has 0 atom stereocenters. The van der Waals surface area contributed by atoms with E-state index in [1.54, 1.807) is 4.90 Å². The van der Waals surface area contributed by atoms with E-state index >= 15 is 0 Å². The van der Waals surface area contributed by atoms with Gasteiger partial charge in [0, 0.05) is 25.2 Å². The number of non-ortho nitro benzene ring substituents is 1. The van der Waals surface area contributed by atoms with Gasteiger partial charge in [0.15, 0.2) is 0 Å². The topological polar surface area (TPSA) is 92.9 Å². The fourth-order valence-corrected chi connectivity index (χ4v) is 1.89. The first-order valence-corrected chi connectivity index (χ1v) is 6.28. The molecule has 0 aliphatic heterocycles. The fourth-order valence-electron chi connectivity index (χ4n) is 1.89. The first-order valence-electron chi connectivity index (χ1n) is 6.28. The Morgan fingerprint density at radius 2 is 2.15 bits per heavy atom. The number of ether oxygens (including phenoxy) is 1. The highest BCUT2D eigenvalue weighted by Gasteiger charge is 2.17. The molecule has 0 heterocycles. The molecule has 1 rings (SSSR count). The number of hydrogen-bond acceptors (Lipinski definition) is 5. The first-order chi connectivity index (χ1) is 9.49. The van der Waals surface area contributed by atoms with Crippen molar-refractivity contribution in [3.63, 3.8) is 0 Å². The molecule has 110 valence electrons. The molecule has 0 aliphatic carbocycles. The third-order valence-corrected chi connectivity index (χ3v) is 2.80. The molecule has 7 nitrogen and oxygen atoms in total. The van der Waals surface area contributed by atoms with Crippen molar-refractivity contribution in [3.8, 4) is 5.75 Å². The second kappa shape index (κ2) is 7.32. The number of methoxy groups -OCH3 is 1. The number of benzene rings is 1.